The fraction of sp³-hybridized carbons (Fsp3) is 0.778. The van der Waals surface area contributed by atoms with Crippen molar-refractivity contribution in [2.24, 2.45) is 5.92 Å². The number of carbonyl (C=O) groups is 2. The molecule has 0 fully saturated rings. The standard InChI is InChI=1S/C9H17NO2/c1-6(2)5-8(11)9(12)10-7(3)4/h6-7H,5H2,1-4H3,(H,10,12). The normalized spacial score (nSPS) is 10.5. The number of ketones is 1. The molecular formula is C9H17NO2. The van der Waals surface area contributed by atoms with Crippen molar-refractivity contribution in [2.75, 3.05) is 0 Å². The minimum absolute atomic E-state index is 0.0358. The smallest absolute Gasteiger partial charge is 0.287 e. The van der Waals surface area contributed by atoms with Gasteiger partial charge in [0.25, 0.3) is 5.91 Å². The second kappa shape index (κ2) is 4.91. The van der Waals surface area contributed by atoms with Gasteiger partial charge in [-0.25, -0.2) is 0 Å². The molecule has 1 amide bonds. The van der Waals surface area contributed by atoms with E-state index < -0.39 is 5.91 Å². The Bertz CT molecular complexity index is 153. The van der Waals surface area contributed by atoms with E-state index >= 15 is 0 Å². The zero-order chi connectivity index (χ0) is 9.72. The van der Waals surface area contributed by atoms with Crippen LogP contribution in [-0.2, 0) is 9.59 Å². The van der Waals surface area contributed by atoms with Gasteiger partial charge in [0.05, 0.1) is 0 Å². The number of nitrogens with one attached hydrogen (secondary N) is 1. The minimum atomic E-state index is -0.460. The van der Waals surface area contributed by atoms with Crippen molar-refractivity contribution >= 4 is 11.7 Å². The molecule has 0 rings (SSSR count). The summed E-state index contributed by atoms with van der Waals surface area (Å²) >= 11 is 0. The fourth-order valence-corrected chi connectivity index (χ4v) is 0.806. The molecule has 0 unspecified atom stereocenters. The van der Waals surface area contributed by atoms with Crippen LogP contribution in [0.25, 0.3) is 0 Å². The molecule has 0 radical (unpaired) electrons. The second-order valence-electron chi connectivity index (χ2n) is 3.65. The highest BCUT2D eigenvalue weighted by atomic mass is 16.2. The summed E-state index contributed by atoms with van der Waals surface area (Å²) in [6, 6.07) is 0.0358. The van der Waals surface area contributed by atoms with Crippen molar-refractivity contribution < 1.29 is 9.59 Å². The van der Waals surface area contributed by atoms with E-state index in [1.807, 2.05) is 27.7 Å². The quantitative estimate of drug-likeness (QED) is 0.644. The van der Waals surface area contributed by atoms with E-state index in [0.717, 1.165) is 0 Å². The summed E-state index contributed by atoms with van der Waals surface area (Å²) in [5.41, 5.74) is 0. The first kappa shape index (κ1) is 11.1. The number of carbonyl (C=O) groups excluding carboxylic acids is 2. The van der Waals surface area contributed by atoms with Crippen LogP contribution in [0.5, 0.6) is 0 Å². The van der Waals surface area contributed by atoms with Gasteiger partial charge in [-0.1, -0.05) is 13.8 Å². The predicted octanol–water partition coefficient (Wildman–Crippen LogP) is 1.13. The van der Waals surface area contributed by atoms with Gasteiger partial charge in [0, 0.05) is 12.5 Å². The minimum Gasteiger partial charge on any atom is -0.347 e. The van der Waals surface area contributed by atoms with Gasteiger partial charge in [0.2, 0.25) is 5.78 Å². The van der Waals surface area contributed by atoms with E-state index in [1.54, 1.807) is 0 Å². The topological polar surface area (TPSA) is 46.2 Å². The van der Waals surface area contributed by atoms with E-state index in [1.165, 1.54) is 0 Å². The van der Waals surface area contributed by atoms with Crippen molar-refractivity contribution in [3.8, 4) is 0 Å². The molecule has 0 atom stereocenters. The lowest BCUT2D eigenvalue weighted by Crippen LogP contribution is -2.36. The maximum absolute atomic E-state index is 11.1. The molecule has 0 saturated heterocycles. The van der Waals surface area contributed by atoms with Gasteiger partial charge in [-0.2, -0.15) is 0 Å². The zero-order valence-corrected chi connectivity index (χ0v) is 8.18. The predicted molar refractivity (Wildman–Crippen MR) is 47.7 cm³/mol. The van der Waals surface area contributed by atoms with Crippen LogP contribution < -0.4 is 5.32 Å². The molecule has 12 heavy (non-hydrogen) atoms. The largest absolute Gasteiger partial charge is 0.347 e. The average molecular weight is 171 g/mol. The van der Waals surface area contributed by atoms with Gasteiger partial charge in [-0.3, -0.25) is 9.59 Å². The van der Waals surface area contributed by atoms with Gasteiger partial charge in [0.15, 0.2) is 0 Å². The molecule has 0 bridgehead atoms. The SMILES string of the molecule is CC(C)CC(=O)C(=O)NC(C)C. The highest BCUT2D eigenvalue weighted by molar-refractivity contribution is 6.36. The third-order valence-electron chi connectivity index (χ3n) is 1.27. The van der Waals surface area contributed by atoms with Crippen LogP contribution in [0.2, 0.25) is 0 Å². The summed E-state index contributed by atoms with van der Waals surface area (Å²) in [6.07, 6.45) is 0.332. The molecule has 3 heteroatoms. The zero-order valence-electron chi connectivity index (χ0n) is 8.18. The number of hydrogen-bond donors (Lipinski definition) is 1. The molecular weight excluding hydrogens is 154 g/mol. The van der Waals surface area contributed by atoms with Gasteiger partial charge in [-0.15, -0.1) is 0 Å². The van der Waals surface area contributed by atoms with Crippen LogP contribution >= 0.6 is 0 Å². The molecule has 70 valence electrons. The Morgan fingerprint density at radius 3 is 2.00 bits per heavy atom. The summed E-state index contributed by atoms with van der Waals surface area (Å²) in [4.78, 5) is 22.1. The monoisotopic (exact) mass is 171 g/mol. The maximum atomic E-state index is 11.1. The first-order chi connectivity index (χ1) is 5.43. The molecule has 0 heterocycles. The summed E-state index contributed by atoms with van der Waals surface area (Å²) < 4.78 is 0. The van der Waals surface area contributed by atoms with Gasteiger partial charge >= 0.3 is 0 Å². The highest BCUT2D eigenvalue weighted by Crippen LogP contribution is 1.99. The van der Waals surface area contributed by atoms with Crippen molar-refractivity contribution in [1.82, 2.24) is 5.32 Å². The van der Waals surface area contributed by atoms with E-state index in [0.29, 0.717) is 6.42 Å². The highest BCUT2D eigenvalue weighted by Gasteiger charge is 2.14. The molecule has 3 nitrogen and oxygen atoms in total. The lowest BCUT2D eigenvalue weighted by Gasteiger charge is -2.07. The first-order valence-electron chi connectivity index (χ1n) is 4.27. The van der Waals surface area contributed by atoms with E-state index in [4.69, 9.17) is 0 Å². The third kappa shape index (κ3) is 4.88. The maximum Gasteiger partial charge on any atom is 0.287 e. The molecule has 0 spiro atoms. The third-order valence-corrected chi connectivity index (χ3v) is 1.27. The van der Waals surface area contributed by atoms with Crippen LogP contribution in [0.15, 0.2) is 0 Å². The van der Waals surface area contributed by atoms with E-state index in [2.05, 4.69) is 5.32 Å². The Hall–Kier alpha value is -0.860. The first-order valence-corrected chi connectivity index (χ1v) is 4.27. The Balaban J connectivity index is 3.86. The summed E-state index contributed by atoms with van der Waals surface area (Å²) in [5.74, 6) is -0.534. The summed E-state index contributed by atoms with van der Waals surface area (Å²) in [7, 11) is 0. The van der Waals surface area contributed by atoms with Gasteiger partial charge < -0.3 is 5.32 Å². The van der Waals surface area contributed by atoms with E-state index in [-0.39, 0.29) is 17.7 Å². The Morgan fingerprint density at radius 1 is 1.17 bits per heavy atom. The Labute approximate surface area is 73.5 Å². The Morgan fingerprint density at radius 2 is 1.67 bits per heavy atom. The Kier molecular flexibility index (Phi) is 4.55. The molecule has 0 aromatic rings. The van der Waals surface area contributed by atoms with Gasteiger partial charge in [-0.05, 0) is 19.8 Å². The van der Waals surface area contributed by atoms with Crippen molar-refractivity contribution in [3.05, 3.63) is 0 Å². The molecule has 1 N–H and O–H groups in total. The van der Waals surface area contributed by atoms with E-state index in [9.17, 15) is 9.59 Å². The van der Waals surface area contributed by atoms with Crippen molar-refractivity contribution in [1.29, 1.82) is 0 Å². The van der Waals surface area contributed by atoms with Crippen LogP contribution in [0, 0.1) is 5.92 Å². The molecule has 0 saturated carbocycles. The molecule has 0 aliphatic heterocycles. The van der Waals surface area contributed by atoms with Crippen molar-refractivity contribution in [3.63, 3.8) is 0 Å². The number of Topliss-reactive ketones (excluding diaryl/α,β-unsaturated/α-hetero) is 1. The number of hydrogen-bond acceptors (Lipinski definition) is 2. The van der Waals surface area contributed by atoms with Crippen LogP contribution in [0.1, 0.15) is 34.1 Å². The van der Waals surface area contributed by atoms with Crippen LogP contribution in [0.3, 0.4) is 0 Å². The van der Waals surface area contributed by atoms with Crippen LogP contribution in [-0.4, -0.2) is 17.7 Å². The van der Waals surface area contributed by atoms with Gasteiger partial charge in [0.1, 0.15) is 0 Å². The lowest BCUT2D eigenvalue weighted by atomic mass is 10.1. The number of rotatable bonds is 4. The average Bonchev–Trinajstić information content (AvgIpc) is 1.84. The second-order valence-corrected chi connectivity index (χ2v) is 3.65. The number of amides is 1. The molecule has 0 aliphatic carbocycles. The fourth-order valence-electron chi connectivity index (χ4n) is 0.806. The van der Waals surface area contributed by atoms with Crippen LogP contribution in [0.4, 0.5) is 0 Å². The summed E-state index contributed by atoms with van der Waals surface area (Å²) in [6.45, 7) is 7.50. The molecule has 0 aliphatic rings. The molecule has 0 aromatic carbocycles. The molecule has 0 aromatic heterocycles. The van der Waals surface area contributed by atoms with Crippen molar-refractivity contribution in [2.45, 2.75) is 40.2 Å². The summed E-state index contributed by atoms with van der Waals surface area (Å²) in [5, 5.41) is 2.56. The lowest BCUT2D eigenvalue weighted by molar-refractivity contribution is -0.138.